The number of H-pyrrole nitrogens is 1. The minimum absolute atomic E-state index is 0.126. The molecule has 3 rings (SSSR count). The molecule has 2 heterocycles. The molecule has 2 aromatic heterocycles. The summed E-state index contributed by atoms with van der Waals surface area (Å²) in [7, 11) is 0. The normalized spacial score (nSPS) is 10.8. The van der Waals surface area contributed by atoms with E-state index in [2.05, 4.69) is 15.3 Å². The van der Waals surface area contributed by atoms with Crippen LogP contribution in [0.1, 0.15) is 16.1 Å². The fourth-order valence-corrected chi connectivity index (χ4v) is 2.32. The van der Waals surface area contributed by atoms with E-state index in [4.69, 9.17) is 0 Å². The zero-order valence-electron chi connectivity index (χ0n) is 12.2. The highest BCUT2D eigenvalue weighted by molar-refractivity contribution is 5.93. The van der Waals surface area contributed by atoms with Crippen molar-refractivity contribution in [2.24, 2.45) is 0 Å². The van der Waals surface area contributed by atoms with Crippen molar-refractivity contribution in [2.45, 2.75) is 13.5 Å². The second-order valence-electron chi connectivity index (χ2n) is 5.07. The number of aromatic nitrogens is 3. The van der Waals surface area contributed by atoms with Gasteiger partial charge in [-0.3, -0.25) is 9.59 Å². The number of rotatable bonds is 4. The molecule has 22 heavy (non-hydrogen) atoms. The smallest absolute Gasteiger partial charge is 0.260 e. The standard InChI is InChI=1S/C16H16N4O2/c1-11-6-7-12(16(22)19-11)15(21)17-8-9-20-10-18-13-4-2-3-5-14(13)20/h2-7,10H,8-9H2,1H3,(H,17,21)(H,19,22). The molecule has 0 spiro atoms. The van der Waals surface area contributed by atoms with E-state index in [1.807, 2.05) is 28.8 Å². The van der Waals surface area contributed by atoms with Crippen LogP contribution >= 0.6 is 0 Å². The second kappa shape index (κ2) is 5.85. The first-order valence-corrected chi connectivity index (χ1v) is 7.03. The van der Waals surface area contributed by atoms with Crippen LogP contribution in [-0.2, 0) is 6.54 Å². The molecule has 0 radical (unpaired) electrons. The lowest BCUT2D eigenvalue weighted by Gasteiger charge is -2.07. The van der Waals surface area contributed by atoms with E-state index in [9.17, 15) is 9.59 Å². The highest BCUT2D eigenvalue weighted by Gasteiger charge is 2.09. The van der Waals surface area contributed by atoms with Gasteiger partial charge in [0.05, 0.1) is 17.4 Å². The van der Waals surface area contributed by atoms with Gasteiger partial charge < -0.3 is 14.9 Å². The summed E-state index contributed by atoms with van der Waals surface area (Å²) < 4.78 is 1.97. The predicted molar refractivity (Wildman–Crippen MR) is 83.9 cm³/mol. The summed E-state index contributed by atoms with van der Waals surface area (Å²) in [6.45, 7) is 2.79. The van der Waals surface area contributed by atoms with Crippen molar-refractivity contribution in [2.75, 3.05) is 6.54 Å². The molecule has 1 amide bonds. The number of aromatic amines is 1. The van der Waals surface area contributed by atoms with Gasteiger partial charge in [0.25, 0.3) is 11.5 Å². The SMILES string of the molecule is Cc1ccc(C(=O)NCCn2cnc3ccccc32)c(=O)[nH]1. The summed E-state index contributed by atoms with van der Waals surface area (Å²) in [6.07, 6.45) is 1.75. The van der Waals surface area contributed by atoms with Gasteiger partial charge in [0.15, 0.2) is 0 Å². The van der Waals surface area contributed by atoms with E-state index in [-0.39, 0.29) is 17.0 Å². The van der Waals surface area contributed by atoms with Gasteiger partial charge in [-0.05, 0) is 31.2 Å². The Hall–Kier alpha value is -2.89. The zero-order valence-corrected chi connectivity index (χ0v) is 12.2. The van der Waals surface area contributed by atoms with E-state index in [1.165, 1.54) is 6.07 Å². The minimum atomic E-state index is -0.370. The van der Waals surface area contributed by atoms with E-state index < -0.39 is 0 Å². The molecule has 0 bridgehead atoms. The van der Waals surface area contributed by atoms with Gasteiger partial charge >= 0.3 is 0 Å². The lowest BCUT2D eigenvalue weighted by Crippen LogP contribution is -2.31. The van der Waals surface area contributed by atoms with Gasteiger partial charge in [-0.1, -0.05) is 12.1 Å². The Bertz CT molecular complexity index is 879. The first-order chi connectivity index (χ1) is 10.6. The number of carbonyl (C=O) groups excluding carboxylic acids is 1. The van der Waals surface area contributed by atoms with Gasteiger partial charge in [-0.2, -0.15) is 0 Å². The van der Waals surface area contributed by atoms with Gasteiger partial charge in [0.1, 0.15) is 5.56 Å². The monoisotopic (exact) mass is 296 g/mol. The molecule has 0 saturated heterocycles. The second-order valence-corrected chi connectivity index (χ2v) is 5.07. The maximum Gasteiger partial charge on any atom is 0.260 e. The number of carbonyl (C=O) groups is 1. The average Bonchev–Trinajstić information content (AvgIpc) is 2.90. The number of amides is 1. The summed E-state index contributed by atoms with van der Waals surface area (Å²) in [6, 6.07) is 11.1. The van der Waals surface area contributed by atoms with Gasteiger partial charge in [-0.25, -0.2) is 4.98 Å². The summed E-state index contributed by atoms with van der Waals surface area (Å²) in [5.41, 5.74) is 2.42. The highest BCUT2D eigenvalue weighted by atomic mass is 16.2. The molecular formula is C16H16N4O2. The number of hydrogen-bond acceptors (Lipinski definition) is 3. The number of para-hydroxylation sites is 2. The van der Waals surface area contributed by atoms with Crippen molar-refractivity contribution in [3.05, 3.63) is 64.3 Å². The molecule has 1 aromatic carbocycles. The minimum Gasteiger partial charge on any atom is -0.350 e. The summed E-state index contributed by atoms with van der Waals surface area (Å²) in [4.78, 5) is 30.6. The number of fused-ring (bicyclic) bond motifs is 1. The molecule has 0 atom stereocenters. The van der Waals surface area contributed by atoms with Crippen LogP contribution in [0, 0.1) is 6.92 Å². The summed E-state index contributed by atoms with van der Waals surface area (Å²) in [5.74, 6) is -0.370. The maximum absolute atomic E-state index is 12.0. The van der Waals surface area contributed by atoms with Crippen LogP contribution < -0.4 is 10.9 Å². The van der Waals surface area contributed by atoms with Crippen LogP contribution in [0.4, 0.5) is 0 Å². The van der Waals surface area contributed by atoms with Crippen LogP contribution in [0.25, 0.3) is 11.0 Å². The fraction of sp³-hybridized carbons (Fsp3) is 0.188. The Kier molecular flexibility index (Phi) is 3.74. The lowest BCUT2D eigenvalue weighted by molar-refractivity contribution is 0.0951. The third kappa shape index (κ3) is 2.76. The largest absolute Gasteiger partial charge is 0.350 e. The van der Waals surface area contributed by atoms with Crippen molar-refractivity contribution < 1.29 is 4.79 Å². The quantitative estimate of drug-likeness (QED) is 0.765. The molecule has 0 saturated carbocycles. The van der Waals surface area contributed by atoms with Crippen LogP contribution in [-0.4, -0.2) is 27.0 Å². The number of benzene rings is 1. The zero-order chi connectivity index (χ0) is 15.5. The van der Waals surface area contributed by atoms with Crippen molar-refractivity contribution in [3.8, 4) is 0 Å². The molecule has 0 fully saturated rings. The van der Waals surface area contributed by atoms with E-state index >= 15 is 0 Å². The summed E-state index contributed by atoms with van der Waals surface area (Å²) >= 11 is 0. The molecule has 3 aromatic rings. The van der Waals surface area contributed by atoms with E-state index in [0.717, 1.165) is 16.7 Å². The topological polar surface area (TPSA) is 79.8 Å². The molecule has 112 valence electrons. The maximum atomic E-state index is 12.0. The average molecular weight is 296 g/mol. The Morgan fingerprint density at radius 1 is 1.27 bits per heavy atom. The molecule has 6 heteroatoms. The lowest BCUT2D eigenvalue weighted by atomic mass is 10.2. The molecule has 6 nitrogen and oxygen atoms in total. The Labute approximate surface area is 126 Å². The predicted octanol–water partition coefficient (Wildman–Crippen LogP) is 1.46. The van der Waals surface area contributed by atoms with Crippen molar-refractivity contribution >= 4 is 16.9 Å². The Balaban J connectivity index is 1.65. The van der Waals surface area contributed by atoms with Gasteiger partial charge in [-0.15, -0.1) is 0 Å². The Morgan fingerprint density at radius 2 is 2.09 bits per heavy atom. The molecular weight excluding hydrogens is 280 g/mol. The third-order valence-corrected chi connectivity index (χ3v) is 3.47. The number of nitrogens with zero attached hydrogens (tertiary/aromatic N) is 2. The van der Waals surface area contributed by atoms with Crippen LogP contribution in [0.3, 0.4) is 0 Å². The Morgan fingerprint density at radius 3 is 2.91 bits per heavy atom. The summed E-state index contributed by atoms with van der Waals surface area (Å²) in [5, 5.41) is 2.75. The fourth-order valence-electron chi connectivity index (χ4n) is 2.32. The first kappa shape index (κ1) is 14.1. The number of nitrogens with one attached hydrogen (secondary N) is 2. The van der Waals surface area contributed by atoms with Crippen LogP contribution in [0.15, 0.2) is 47.5 Å². The van der Waals surface area contributed by atoms with Crippen molar-refractivity contribution in [3.63, 3.8) is 0 Å². The number of aryl methyl sites for hydroxylation is 1. The van der Waals surface area contributed by atoms with Crippen molar-refractivity contribution in [1.29, 1.82) is 0 Å². The number of pyridine rings is 1. The molecule has 0 aliphatic rings. The van der Waals surface area contributed by atoms with Crippen LogP contribution in [0.5, 0.6) is 0 Å². The molecule has 0 aliphatic carbocycles. The van der Waals surface area contributed by atoms with Gasteiger partial charge in [0, 0.05) is 18.8 Å². The van der Waals surface area contributed by atoms with Crippen molar-refractivity contribution in [1.82, 2.24) is 19.9 Å². The molecule has 0 unspecified atom stereocenters. The first-order valence-electron chi connectivity index (χ1n) is 7.03. The number of hydrogen-bond donors (Lipinski definition) is 2. The number of imidazole rings is 1. The van der Waals surface area contributed by atoms with Gasteiger partial charge in [0.2, 0.25) is 0 Å². The van der Waals surface area contributed by atoms with Crippen LogP contribution in [0.2, 0.25) is 0 Å². The molecule has 0 aliphatic heterocycles. The highest BCUT2D eigenvalue weighted by Crippen LogP contribution is 2.10. The molecule has 2 N–H and O–H groups in total. The van der Waals surface area contributed by atoms with E-state index in [0.29, 0.717) is 13.1 Å². The van der Waals surface area contributed by atoms with E-state index in [1.54, 1.807) is 19.3 Å². The third-order valence-electron chi connectivity index (χ3n) is 3.47.